The Hall–Kier alpha value is -3.87. The minimum atomic E-state index is -1.04. The second kappa shape index (κ2) is 10.4. The van der Waals surface area contributed by atoms with E-state index in [-0.39, 0.29) is 5.92 Å². The van der Waals surface area contributed by atoms with Crippen LogP contribution in [0.3, 0.4) is 0 Å². The van der Waals surface area contributed by atoms with Crippen molar-refractivity contribution in [2.75, 3.05) is 5.32 Å². The maximum Gasteiger partial charge on any atom is 0.412 e. The standard InChI is InChI=1S/C25H24FNO5/c1-16(7-2-5-12-23(29)30)24(18-13-14-22(28)20(26)15-18)32-25(31)27-21-11-6-9-17-8-3-4-10-19(17)21/h3-6,8-16,24,28H,2,7H2,1H3,(H,27,31)(H,29,30)/b12-5+/t16-,24-/m0/s1. The molecular weight excluding hydrogens is 413 g/mol. The average Bonchev–Trinajstić information content (AvgIpc) is 2.77. The summed E-state index contributed by atoms with van der Waals surface area (Å²) in [5.74, 6) is -2.61. The largest absolute Gasteiger partial charge is 0.505 e. The monoisotopic (exact) mass is 437 g/mol. The van der Waals surface area contributed by atoms with E-state index in [1.54, 1.807) is 6.07 Å². The van der Waals surface area contributed by atoms with Gasteiger partial charge in [-0.3, -0.25) is 5.32 Å². The maximum absolute atomic E-state index is 14.0. The molecule has 6 nitrogen and oxygen atoms in total. The average molecular weight is 437 g/mol. The number of hydrogen-bond acceptors (Lipinski definition) is 4. The van der Waals surface area contributed by atoms with Gasteiger partial charge in [0.15, 0.2) is 11.6 Å². The topological polar surface area (TPSA) is 95.9 Å². The highest BCUT2D eigenvalue weighted by Crippen LogP contribution is 2.32. The van der Waals surface area contributed by atoms with E-state index in [1.807, 2.05) is 43.3 Å². The van der Waals surface area contributed by atoms with Crippen LogP contribution in [0.5, 0.6) is 5.75 Å². The lowest BCUT2D eigenvalue weighted by molar-refractivity contribution is -0.131. The molecule has 1 amide bonds. The summed E-state index contributed by atoms with van der Waals surface area (Å²) in [5, 5.41) is 22.8. The summed E-state index contributed by atoms with van der Waals surface area (Å²) in [5.41, 5.74) is 0.976. The number of carboxylic acids is 1. The van der Waals surface area contributed by atoms with E-state index in [2.05, 4.69) is 5.32 Å². The highest BCUT2D eigenvalue weighted by Gasteiger charge is 2.25. The maximum atomic E-state index is 14.0. The molecule has 0 aliphatic heterocycles. The molecule has 0 fully saturated rings. The van der Waals surface area contributed by atoms with E-state index in [4.69, 9.17) is 9.84 Å². The van der Waals surface area contributed by atoms with E-state index >= 15 is 0 Å². The number of carbonyl (C=O) groups is 2. The third-order valence-electron chi connectivity index (χ3n) is 5.13. The van der Waals surface area contributed by atoms with E-state index in [9.17, 15) is 19.1 Å². The van der Waals surface area contributed by atoms with Gasteiger partial charge in [-0.25, -0.2) is 14.0 Å². The van der Waals surface area contributed by atoms with Gasteiger partial charge in [0.05, 0.1) is 5.69 Å². The number of carbonyl (C=O) groups excluding carboxylic acids is 1. The smallest absolute Gasteiger partial charge is 0.412 e. The van der Waals surface area contributed by atoms with Crippen LogP contribution >= 0.6 is 0 Å². The number of phenolic OH excluding ortho intramolecular Hbond substituents is 1. The summed E-state index contributed by atoms with van der Waals surface area (Å²) >= 11 is 0. The summed E-state index contributed by atoms with van der Waals surface area (Å²) in [6.45, 7) is 1.83. The van der Waals surface area contributed by atoms with Crippen LogP contribution in [-0.2, 0) is 9.53 Å². The lowest BCUT2D eigenvalue weighted by atomic mass is 9.93. The molecule has 3 aromatic carbocycles. The van der Waals surface area contributed by atoms with Crippen molar-refractivity contribution in [1.29, 1.82) is 0 Å². The van der Waals surface area contributed by atoms with Gasteiger partial charge in [0.1, 0.15) is 6.10 Å². The lowest BCUT2D eigenvalue weighted by Gasteiger charge is -2.25. The van der Waals surface area contributed by atoms with Crippen LogP contribution in [0, 0.1) is 11.7 Å². The number of aromatic hydroxyl groups is 1. The van der Waals surface area contributed by atoms with Crippen LogP contribution in [0.15, 0.2) is 72.8 Å². The zero-order valence-electron chi connectivity index (χ0n) is 17.5. The first-order valence-corrected chi connectivity index (χ1v) is 10.2. The predicted molar refractivity (Wildman–Crippen MR) is 120 cm³/mol. The Morgan fingerprint density at radius 2 is 1.88 bits per heavy atom. The Balaban J connectivity index is 1.79. The summed E-state index contributed by atoms with van der Waals surface area (Å²) in [6, 6.07) is 16.9. The summed E-state index contributed by atoms with van der Waals surface area (Å²) in [7, 11) is 0. The van der Waals surface area contributed by atoms with E-state index in [0.717, 1.165) is 22.9 Å². The Kier molecular flexibility index (Phi) is 7.44. The van der Waals surface area contributed by atoms with Crippen LogP contribution in [0.2, 0.25) is 0 Å². The second-order valence-corrected chi connectivity index (χ2v) is 7.48. The molecule has 0 aliphatic rings. The number of ether oxygens (including phenoxy) is 1. The van der Waals surface area contributed by atoms with Crippen molar-refractivity contribution in [3.8, 4) is 5.75 Å². The van der Waals surface area contributed by atoms with Crippen molar-refractivity contribution in [2.24, 2.45) is 5.92 Å². The molecule has 0 aromatic heterocycles. The zero-order chi connectivity index (χ0) is 23.1. The molecular formula is C25H24FNO5. The van der Waals surface area contributed by atoms with Gasteiger partial charge in [0.25, 0.3) is 0 Å². The number of rotatable bonds is 8. The number of hydrogen-bond donors (Lipinski definition) is 3. The summed E-state index contributed by atoms with van der Waals surface area (Å²) in [6.07, 6.45) is 2.00. The SMILES string of the molecule is C[C@@H](CC/C=C/C(=O)O)[C@H](OC(=O)Nc1cccc2ccccc12)c1ccc(O)c(F)c1. The van der Waals surface area contributed by atoms with Crippen molar-refractivity contribution in [1.82, 2.24) is 0 Å². The molecule has 3 rings (SSSR count). The van der Waals surface area contributed by atoms with Crippen LogP contribution in [-0.4, -0.2) is 22.3 Å². The third-order valence-corrected chi connectivity index (χ3v) is 5.13. The van der Waals surface area contributed by atoms with Crippen molar-refractivity contribution in [3.63, 3.8) is 0 Å². The molecule has 0 saturated heterocycles. The normalized spacial score (nSPS) is 13.1. The quantitative estimate of drug-likeness (QED) is 0.374. The zero-order valence-corrected chi connectivity index (χ0v) is 17.5. The summed E-state index contributed by atoms with van der Waals surface area (Å²) < 4.78 is 19.7. The number of allylic oxidation sites excluding steroid dienone is 1. The molecule has 3 aromatic rings. The van der Waals surface area contributed by atoms with Gasteiger partial charge in [-0.1, -0.05) is 55.5 Å². The fourth-order valence-corrected chi connectivity index (χ4v) is 3.50. The molecule has 7 heteroatoms. The number of nitrogens with one attached hydrogen (secondary N) is 1. The highest BCUT2D eigenvalue weighted by molar-refractivity contribution is 6.00. The summed E-state index contributed by atoms with van der Waals surface area (Å²) in [4.78, 5) is 23.4. The van der Waals surface area contributed by atoms with Gasteiger partial charge in [0, 0.05) is 11.5 Å². The van der Waals surface area contributed by atoms with Gasteiger partial charge >= 0.3 is 12.1 Å². The number of amides is 1. The number of fused-ring (bicyclic) bond motifs is 1. The van der Waals surface area contributed by atoms with Gasteiger partial charge in [-0.05, 0) is 47.9 Å². The number of halogens is 1. The first-order valence-electron chi connectivity index (χ1n) is 10.2. The fraction of sp³-hybridized carbons (Fsp3) is 0.200. The van der Waals surface area contributed by atoms with Crippen molar-refractivity contribution >= 4 is 28.5 Å². The number of carboxylic acid groups (broad SMARTS) is 1. The molecule has 0 unspecified atom stereocenters. The van der Waals surface area contributed by atoms with E-state index in [1.165, 1.54) is 18.2 Å². The first-order chi connectivity index (χ1) is 15.3. The van der Waals surface area contributed by atoms with Crippen molar-refractivity contribution in [2.45, 2.75) is 25.9 Å². The number of aliphatic carboxylic acids is 1. The number of phenols is 1. The van der Waals surface area contributed by atoms with Gasteiger partial charge in [-0.2, -0.15) is 0 Å². The Morgan fingerprint density at radius 3 is 2.62 bits per heavy atom. The van der Waals surface area contributed by atoms with Crippen LogP contribution < -0.4 is 5.32 Å². The molecule has 166 valence electrons. The molecule has 0 aliphatic carbocycles. The van der Waals surface area contributed by atoms with E-state index in [0.29, 0.717) is 24.1 Å². The molecule has 0 heterocycles. The number of benzene rings is 3. The Bertz CT molecular complexity index is 1140. The molecule has 3 N–H and O–H groups in total. The molecule has 0 radical (unpaired) electrons. The molecule has 32 heavy (non-hydrogen) atoms. The minimum Gasteiger partial charge on any atom is -0.505 e. The third kappa shape index (κ3) is 5.85. The molecule has 0 spiro atoms. The van der Waals surface area contributed by atoms with Crippen LogP contribution in [0.4, 0.5) is 14.9 Å². The predicted octanol–water partition coefficient (Wildman–Crippen LogP) is 6.03. The Labute approximate surface area is 185 Å². The second-order valence-electron chi connectivity index (χ2n) is 7.48. The molecule has 0 saturated carbocycles. The number of anilines is 1. The molecule has 0 bridgehead atoms. The van der Waals surface area contributed by atoms with E-state index < -0.39 is 29.7 Å². The minimum absolute atomic E-state index is 0.254. The Morgan fingerprint density at radius 1 is 1.12 bits per heavy atom. The van der Waals surface area contributed by atoms with Crippen LogP contribution in [0.1, 0.15) is 31.4 Å². The molecule has 2 atom stereocenters. The first kappa shape index (κ1) is 22.8. The van der Waals surface area contributed by atoms with Crippen molar-refractivity contribution in [3.05, 3.63) is 84.2 Å². The van der Waals surface area contributed by atoms with Crippen LogP contribution in [0.25, 0.3) is 10.8 Å². The van der Waals surface area contributed by atoms with Crippen molar-refractivity contribution < 1.29 is 28.9 Å². The lowest BCUT2D eigenvalue weighted by Crippen LogP contribution is -2.22. The fourth-order valence-electron chi connectivity index (χ4n) is 3.50. The van der Waals surface area contributed by atoms with Gasteiger partial charge in [0.2, 0.25) is 0 Å². The van der Waals surface area contributed by atoms with Gasteiger partial charge < -0.3 is 14.9 Å². The highest BCUT2D eigenvalue weighted by atomic mass is 19.1. The van der Waals surface area contributed by atoms with Gasteiger partial charge in [-0.15, -0.1) is 0 Å².